The SMILES string of the molecule is CO[C@H]1CN[C@@H](C(=O)N(c2ccc(S(F)(F)(F)(F)F)cc2)C(C(=O)NC2CCC(F)(F)CC2)c2cncs2)C1. The van der Waals surface area contributed by atoms with Gasteiger partial charge in [0, 0.05) is 44.4 Å². The summed E-state index contributed by atoms with van der Waals surface area (Å²) in [4.78, 5) is 30.3. The molecule has 1 saturated carbocycles. The molecular formula is C23H27F7N4O3S2. The fourth-order valence-electron chi connectivity index (χ4n) is 4.71. The highest BCUT2D eigenvalue weighted by Crippen LogP contribution is 3.02. The van der Waals surface area contributed by atoms with Crippen molar-refractivity contribution in [2.75, 3.05) is 18.6 Å². The number of thiazole rings is 1. The molecule has 39 heavy (non-hydrogen) atoms. The topological polar surface area (TPSA) is 83.6 Å². The number of halogens is 7. The van der Waals surface area contributed by atoms with Crippen molar-refractivity contribution in [1.29, 1.82) is 0 Å². The second-order valence-corrected chi connectivity index (χ2v) is 13.0. The van der Waals surface area contributed by atoms with E-state index in [0.717, 1.165) is 16.2 Å². The number of amides is 2. The lowest BCUT2D eigenvalue weighted by molar-refractivity contribution is -0.128. The summed E-state index contributed by atoms with van der Waals surface area (Å²) in [6.45, 7) is 0.289. The summed E-state index contributed by atoms with van der Waals surface area (Å²) in [7, 11) is -8.56. The molecule has 2 aliphatic rings. The Balaban J connectivity index is 1.72. The van der Waals surface area contributed by atoms with Gasteiger partial charge in [-0.3, -0.25) is 19.5 Å². The summed E-state index contributed by atoms with van der Waals surface area (Å²) < 4.78 is 99.4. The van der Waals surface area contributed by atoms with Crippen molar-refractivity contribution in [3.8, 4) is 0 Å². The van der Waals surface area contributed by atoms with Crippen LogP contribution in [-0.4, -0.2) is 54.6 Å². The first-order valence-electron chi connectivity index (χ1n) is 12.0. The van der Waals surface area contributed by atoms with E-state index in [9.17, 15) is 37.8 Å². The number of benzene rings is 1. The van der Waals surface area contributed by atoms with Gasteiger partial charge in [0.25, 0.3) is 0 Å². The third-order valence-corrected chi connectivity index (χ3v) is 8.80. The predicted octanol–water partition coefficient (Wildman–Crippen LogP) is 5.95. The molecule has 2 N–H and O–H groups in total. The van der Waals surface area contributed by atoms with E-state index in [1.165, 1.54) is 18.8 Å². The van der Waals surface area contributed by atoms with Gasteiger partial charge in [-0.15, -0.1) is 11.3 Å². The van der Waals surface area contributed by atoms with Gasteiger partial charge in [-0.25, -0.2) is 8.78 Å². The highest BCUT2D eigenvalue weighted by atomic mass is 32.5. The Morgan fingerprint density at radius 1 is 1.15 bits per heavy atom. The van der Waals surface area contributed by atoms with Crippen LogP contribution in [0.4, 0.5) is 33.9 Å². The number of hydrogen-bond acceptors (Lipinski definition) is 6. The quantitative estimate of drug-likeness (QED) is 0.364. The van der Waals surface area contributed by atoms with Crippen LogP contribution in [0.1, 0.15) is 43.0 Å². The number of rotatable bonds is 8. The van der Waals surface area contributed by atoms with E-state index in [2.05, 4.69) is 15.6 Å². The summed E-state index contributed by atoms with van der Waals surface area (Å²) in [5.74, 6) is -4.32. The number of aromatic nitrogens is 1. The lowest BCUT2D eigenvalue weighted by atomic mass is 9.92. The van der Waals surface area contributed by atoms with Crippen LogP contribution < -0.4 is 15.5 Å². The maximum Gasteiger partial charge on any atom is 0.310 e. The van der Waals surface area contributed by atoms with E-state index in [1.54, 1.807) is 0 Å². The molecule has 0 bridgehead atoms. The molecule has 2 fully saturated rings. The lowest BCUT2D eigenvalue weighted by Gasteiger charge is -2.41. The molecule has 2 aromatic rings. The van der Waals surface area contributed by atoms with Crippen LogP contribution >= 0.6 is 21.6 Å². The Labute approximate surface area is 223 Å². The highest BCUT2D eigenvalue weighted by molar-refractivity contribution is 8.45. The number of methoxy groups -OCH3 is 1. The van der Waals surface area contributed by atoms with Gasteiger partial charge in [0.2, 0.25) is 17.7 Å². The average Bonchev–Trinajstić information content (AvgIpc) is 3.54. The zero-order valence-corrected chi connectivity index (χ0v) is 22.2. The number of nitrogens with one attached hydrogen (secondary N) is 2. The third kappa shape index (κ3) is 7.02. The number of hydrogen-bond donors (Lipinski definition) is 2. The number of anilines is 1. The lowest BCUT2D eigenvalue weighted by Crippen LogP contribution is -2.51. The third-order valence-electron chi connectivity index (χ3n) is 6.81. The first-order valence-corrected chi connectivity index (χ1v) is 14.8. The summed E-state index contributed by atoms with van der Waals surface area (Å²) in [5.41, 5.74) is 1.14. The Hall–Kier alpha value is -2.43. The van der Waals surface area contributed by atoms with Crippen LogP contribution in [0.2, 0.25) is 0 Å². The van der Waals surface area contributed by atoms with Crippen LogP contribution in [0.25, 0.3) is 0 Å². The molecule has 1 aromatic heterocycles. The van der Waals surface area contributed by atoms with Crippen LogP contribution in [0.3, 0.4) is 0 Å². The summed E-state index contributed by atoms with van der Waals surface area (Å²) in [5, 5.41) is 5.63. The number of ether oxygens (including phenoxy) is 1. The smallest absolute Gasteiger partial charge is 0.310 e. The van der Waals surface area contributed by atoms with Gasteiger partial charge >= 0.3 is 10.2 Å². The van der Waals surface area contributed by atoms with E-state index in [-0.39, 0.29) is 54.6 Å². The van der Waals surface area contributed by atoms with Gasteiger partial charge in [0.1, 0.15) is 4.90 Å². The van der Waals surface area contributed by atoms with E-state index in [1.807, 2.05) is 0 Å². The van der Waals surface area contributed by atoms with Crippen molar-refractivity contribution in [3.05, 3.63) is 40.8 Å². The normalized spacial score (nSPS) is 24.4. The van der Waals surface area contributed by atoms with Crippen LogP contribution in [0.15, 0.2) is 40.9 Å². The molecule has 1 aromatic carbocycles. The van der Waals surface area contributed by atoms with Gasteiger partial charge in [0.15, 0.2) is 6.04 Å². The van der Waals surface area contributed by atoms with Gasteiger partial charge < -0.3 is 15.4 Å². The number of alkyl halides is 2. The number of carbonyl (C=O) groups excluding carboxylic acids is 2. The van der Waals surface area contributed by atoms with Crippen LogP contribution in [0, 0.1) is 0 Å². The van der Waals surface area contributed by atoms with Crippen LogP contribution in [-0.2, 0) is 14.3 Å². The van der Waals surface area contributed by atoms with Crippen LogP contribution in [0.5, 0.6) is 0 Å². The number of carbonyl (C=O) groups is 2. The summed E-state index contributed by atoms with van der Waals surface area (Å²) in [6.07, 6.45) is 0.229. The van der Waals surface area contributed by atoms with Crippen molar-refractivity contribution < 1.29 is 42.5 Å². The number of nitrogens with zero attached hydrogens (tertiary/aromatic N) is 2. The molecular weight excluding hydrogens is 577 g/mol. The maximum atomic E-state index is 13.8. The minimum absolute atomic E-state index is 0.0135. The zero-order valence-electron chi connectivity index (χ0n) is 20.6. The minimum Gasteiger partial charge on any atom is -0.380 e. The average molecular weight is 605 g/mol. The largest absolute Gasteiger partial charge is 0.380 e. The van der Waals surface area contributed by atoms with E-state index >= 15 is 0 Å². The molecule has 1 aliphatic heterocycles. The molecule has 7 nitrogen and oxygen atoms in total. The first kappa shape index (κ1) is 29.6. The zero-order chi connectivity index (χ0) is 28.7. The molecule has 1 aliphatic carbocycles. The minimum atomic E-state index is -10.0. The molecule has 1 saturated heterocycles. The molecule has 218 valence electrons. The Kier molecular flexibility index (Phi) is 7.49. The monoisotopic (exact) mass is 604 g/mol. The maximum absolute atomic E-state index is 13.8. The fourth-order valence-corrected chi connectivity index (χ4v) is 6.06. The molecule has 2 heterocycles. The van der Waals surface area contributed by atoms with E-state index < -0.39 is 63.8 Å². The van der Waals surface area contributed by atoms with Gasteiger partial charge in [0.05, 0.1) is 22.5 Å². The fraction of sp³-hybridized carbons (Fsp3) is 0.522. The van der Waals surface area contributed by atoms with E-state index in [0.29, 0.717) is 12.1 Å². The second-order valence-electron chi connectivity index (χ2n) is 9.67. The summed E-state index contributed by atoms with van der Waals surface area (Å²) >= 11 is 0.990. The summed E-state index contributed by atoms with van der Waals surface area (Å²) in [6, 6.07) is -1.23. The second kappa shape index (κ2) is 9.89. The van der Waals surface area contributed by atoms with Gasteiger partial charge in [-0.1, -0.05) is 19.4 Å². The van der Waals surface area contributed by atoms with Gasteiger partial charge in [-0.2, -0.15) is 0 Å². The molecule has 0 spiro atoms. The molecule has 2 amide bonds. The first-order chi connectivity index (χ1) is 18.0. The molecule has 0 radical (unpaired) electrons. The van der Waals surface area contributed by atoms with Gasteiger partial charge in [-0.05, 0) is 43.5 Å². The van der Waals surface area contributed by atoms with Crippen molar-refractivity contribution in [3.63, 3.8) is 0 Å². The Bertz CT molecular complexity index is 1190. The molecule has 3 atom stereocenters. The highest BCUT2D eigenvalue weighted by Gasteiger charge is 2.65. The Morgan fingerprint density at radius 3 is 2.31 bits per heavy atom. The van der Waals surface area contributed by atoms with Crippen molar-refractivity contribution in [1.82, 2.24) is 15.6 Å². The van der Waals surface area contributed by atoms with Crippen molar-refractivity contribution >= 4 is 39.1 Å². The molecule has 4 rings (SSSR count). The molecule has 1 unspecified atom stereocenters. The standard InChI is InChI=1S/C23H27F7N4O3S2/c1-37-16-10-18(32-11-16)22(36)34(15-2-4-17(5-3-15)39(26,27,28,29)30)20(19-12-31-13-38-19)21(35)33-14-6-8-23(24,25)9-7-14/h2-5,12-14,16,18,20,32H,6-11H2,1H3,(H,33,35)/t16-,18-,20?/m1/s1. The van der Waals surface area contributed by atoms with Crippen molar-refractivity contribution in [2.24, 2.45) is 0 Å². The predicted molar refractivity (Wildman–Crippen MR) is 133 cm³/mol. The van der Waals surface area contributed by atoms with E-state index in [4.69, 9.17) is 4.74 Å². The Morgan fingerprint density at radius 2 is 1.79 bits per heavy atom. The van der Waals surface area contributed by atoms with Crippen molar-refractivity contribution in [2.45, 2.75) is 67.2 Å². The molecule has 16 heteroatoms.